The standard InChI is InChI=1S/C22H19ClN2O2S/c1-2-14-6-8-17(9-7-14)24-22-25-21(26)20(28-22)13-18-10-11-19(27-18)15-4-3-5-16(23)12-15/h3-13,22,24H,2H2,1H3,(H,25,26)/b20-13-/t22-/m0/s1. The molecule has 1 amide bonds. The zero-order chi connectivity index (χ0) is 19.5. The molecule has 2 aromatic carbocycles. The highest BCUT2D eigenvalue weighted by Gasteiger charge is 2.27. The largest absolute Gasteiger partial charge is 0.457 e. The van der Waals surface area contributed by atoms with E-state index in [9.17, 15) is 4.79 Å². The van der Waals surface area contributed by atoms with Gasteiger partial charge in [-0.15, -0.1) is 0 Å². The zero-order valence-electron chi connectivity index (χ0n) is 15.2. The molecule has 1 saturated heterocycles. The zero-order valence-corrected chi connectivity index (χ0v) is 16.8. The lowest BCUT2D eigenvalue weighted by Crippen LogP contribution is -2.30. The van der Waals surface area contributed by atoms with Gasteiger partial charge in [0.2, 0.25) is 0 Å². The van der Waals surface area contributed by atoms with Crippen molar-refractivity contribution >= 4 is 41.0 Å². The maximum absolute atomic E-state index is 12.3. The molecule has 0 bridgehead atoms. The third-order valence-corrected chi connectivity index (χ3v) is 5.66. The number of anilines is 1. The molecule has 0 spiro atoms. The van der Waals surface area contributed by atoms with Crippen LogP contribution in [0.4, 0.5) is 5.69 Å². The monoisotopic (exact) mass is 410 g/mol. The summed E-state index contributed by atoms with van der Waals surface area (Å²) in [4.78, 5) is 12.9. The molecule has 142 valence electrons. The summed E-state index contributed by atoms with van der Waals surface area (Å²) in [6.07, 6.45) is 2.76. The Morgan fingerprint density at radius 1 is 1.18 bits per heavy atom. The van der Waals surface area contributed by atoms with Crippen molar-refractivity contribution < 1.29 is 9.21 Å². The summed E-state index contributed by atoms with van der Waals surface area (Å²) in [5.74, 6) is 1.22. The smallest absolute Gasteiger partial charge is 0.260 e. The Balaban J connectivity index is 1.46. The van der Waals surface area contributed by atoms with Crippen molar-refractivity contribution in [3.05, 3.63) is 81.9 Å². The van der Waals surface area contributed by atoms with E-state index in [1.807, 2.05) is 48.5 Å². The first kappa shape index (κ1) is 18.7. The van der Waals surface area contributed by atoms with E-state index in [4.69, 9.17) is 16.0 Å². The van der Waals surface area contributed by atoms with E-state index >= 15 is 0 Å². The van der Waals surface area contributed by atoms with E-state index in [0.29, 0.717) is 21.4 Å². The van der Waals surface area contributed by atoms with Crippen LogP contribution in [0.1, 0.15) is 18.2 Å². The van der Waals surface area contributed by atoms with Gasteiger partial charge in [-0.1, -0.05) is 54.6 Å². The Morgan fingerprint density at radius 2 is 2.00 bits per heavy atom. The van der Waals surface area contributed by atoms with Gasteiger partial charge in [-0.2, -0.15) is 0 Å². The summed E-state index contributed by atoms with van der Waals surface area (Å²) in [5, 5.41) is 6.91. The topological polar surface area (TPSA) is 54.3 Å². The van der Waals surface area contributed by atoms with Crippen LogP contribution in [0, 0.1) is 0 Å². The lowest BCUT2D eigenvalue weighted by Gasteiger charge is -2.12. The molecular weight excluding hydrogens is 392 g/mol. The third kappa shape index (κ3) is 4.26. The Morgan fingerprint density at radius 3 is 2.75 bits per heavy atom. The number of hydrogen-bond donors (Lipinski definition) is 2. The number of hydrogen-bond acceptors (Lipinski definition) is 4. The normalized spacial score (nSPS) is 17.7. The van der Waals surface area contributed by atoms with Crippen LogP contribution in [0.2, 0.25) is 5.02 Å². The quantitative estimate of drug-likeness (QED) is 0.525. The van der Waals surface area contributed by atoms with E-state index in [-0.39, 0.29) is 11.4 Å². The van der Waals surface area contributed by atoms with Gasteiger partial charge in [0.15, 0.2) is 5.50 Å². The molecule has 1 atom stereocenters. The van der Waals surface area contributed by atoms with Crippen molar-refractivity contribution in [1.82, 2.24) is 5.32 Å². The molecular formula is C22H19ClN2O2S. The number of rotatable bonds is 5. The summed E-state index contributed by atoms with van der Waals surface area (Å²) in [6.45, 7) is 2.12. The van der Waals surface area contributed by atoms with Crippen LogP contribution in [-0.4, -0.2) is 11.4 Å². The molecule has 0 saturated carbocycles. The van der Waals surface area contributed by atoms with Gasteiger partial charge < -0.3 is 15.1 Å². The molecule has 1 aliphatic rings. The Bertz CT molecular complexity index is 1030. The van der Waals surface area contributed by atoms with E-state index in [2.05, 4.69) is 29.7 Å². The Kier molecular flexibility index (Phi) is 5.46. The van der Waals surface area contributed by atoms with Crippen molar-refractivity contribution in [2.45, 2.75) is 18.8 Å². The fourth-order valence-corrected chi connectivity index (χ4v) is 4.07. The highest BCUT2D eigenvalue weighted by atomic mass is 35.5. The summed E-state index contributed by atoms with van der Waals surface area (Å²) in [6, 6.07) is 19.4. The first-order chi connectivity index (χ1) is 13.6. The van der Waals surface area contributed by atoms with E-state index in [1.54, 1.807) is 6.08 Å². The van der Waals surface area contributed by atoms with Gasteiger partial charge in [-0.25, -0.2) is 0 Å². The minimum atomic E-state index is -0.214. The van der Waals surface area contributed by atoms with Crippen molar-refractivity contribution in [1.29, 1.82) is 0 Å². The summed E-state index contributed by atoms with van der Waals surface area (Å²) >= 11 is 7.47. The van der Waals surface area contributed by atoms with Gasteiger partial charge >= 0.3 is 0 Å². The van der Waals surface area contributed by atoms with Crippen LogP contribution in [-0.2, 0) is 11.2 Å². The van der Waals surface area contributed by atoms with E-state index in [1.165, 1.54) is 17.3 Å². The summed E-state index contributed by atoms with van der Waals surface area (Å²) in [7, 11) is 0. The number of aryl methyl sites for hydroxylation is 1. The molecule has 28 heavy (non-hydrogen) atoms. The molecule has 0 aliphatic carbocycles. The van der Waals surface area contributed by atoms with E-state index < -0.39 is 0 Å². The molecule has 6 heteroatoms. The van der Waals surface area contributed by atoms with Gasteiger partial charge in [-0.3, -0.25) is 4.79 Å². The highest BCUT2D eigenvalue weighted by molar-refractivity contribution is 8.05. The minimum absolute atomic E-state index is 0.117. The molecule has 4 nitrogen and oxygen atoms in total. The molecule has 2 heterocycles. The van der Waals surface area contributed by atoms with Crippen LogP contribution in [0.3, 0.4) is 0 Å². The number of amides is 1. The SMILES string of the molecule is CCc1ccc(N[C@H]2NC(=O)/C(=C/c3ccc(-c4cccc(Cl)c4)o3)S2)cc1. The van der Waals surface area contributed by atoms with Crippen LogP contribution >= 0.6 is 23.4 Å². The molecule has 1 fully saturated rings. The summed E-state index contributed by atoms with van der Waals surface area (Å²) < 4.78 is 5.87. The second kappa shape index (κ2) is 8.17. The first-order valence-electron chi connectivity index (χ1n) is 9.01. The molecule has 2 N–H and O–H groups in total. The van der Waals surface area contributed by atoms with Crippen LogP contribution in [0.5, 0.6) is 0 Å². The predicted octanol–water partition coefficient (Wildman–Crippen LogP) is 5.76. The number of carbonyl (C=O) groups excluding carboxylic acids is 1. The van der Waals surface area contributed by atoms with Crippen LogP contribution in [0.15, 0.2) is 70.0 Å². The van der Waals surface area contributed by atoms with Crippen molar-refractivity contribution in [3.8, 4) is 11.3 Å². The number of furan rings is 1. The fourth-order valence-electron chi connectivity index (χ4n) is 2.91. The molecule has 4 rings (SSSR count). The number of benzene rings is 2. The van der Waals surface area contributed by atoms with Crippen LogP contribution < -0.4 is 10.6 Å². The minimum Gasteiger partial charge on any atom is -0.457 e. The lowest BCUT2D eigenvalue weighted by atomic mass is 10.1. The predicted molar refractivity (Wildman–Crippen MR) is 116 cm³/mol. The number of thioether (sulfide) groups is 1. The second-order valence-electron chi connectivity index (χ2n) is 6.39. The maximum Gasteiger partial charge on any atom is 0.260 e. The average Bonchev–Trinajstić information content (AvgIpc) is 3.29. The first-order valence-corrected chi connectivity index (χ1v) is 10.3. The molecule has 1 aromatic heterocycles. The highest BCUT2D eigenvalue weighted by Crippen LogP contribution is 2.32. The van der Waals surface area contributed by atoms with Crippen molar-refractivity contribution in [2.24, 2.45) is 0 Å². The van der Waals surface area contributed by atoms with Gasteiger partial charge in [0, 0.05) is 22.3 Å². The molecule has 3 aromatic rings. The fraction of sp³-hybridized carbons (Fsp3) is 0.136. The second-order valence-corrected chi connectivity index (χ2v) is 7.97. The van der Waals surface area contributed by atoms with Crippen molar-refractivity contribution in [3.63, 3.8) is 0 Å². The number of halogens is 1. The molecule has 1 aliphatic heterocycles. The van der Waals surface area contributed by atoms with Gasteiger partial charge in [0.1, 0.15) is 11.5 Å². The number of carbonyl (C=O) groups is 1. The average molecular weight is 411 g/mol. The van der Waals surface area contributed by atoms with Gasteiger partial charge in [0.25, 0.3) is 5.91 Å². The Hall–Kier alpha value is -2.63. The lowest BCUT2D eigenvalue weighted by molar-refractivity contribution is -0.116. The maximum atomic E-state index is 12.3. The van der Waals surface area contributed by atoms with Gasteiger partial charge in [0.05, 0.1) is 4.91 Å². The molecule has 0 unspecified atom stereocenters. The van der Waals surface area contributed by atoms with E-state index in [0.717, 1.165) is 17.7 Å². The Labute approximate surface area is 173 Å². The number of nitrogens with one attached hydrogen (secondary N) is 2. The third-order valence-electron chi connectivity index (χ3n) is 4.40. The van der Waals surface area contributed by atoms with Crippen LogP contribution in [0.25, 0.3) is 17.4 Å². The molecule has 0 radical (unpaired) electrons. The summed E-state index contributed by atoms with van der Waals surface area (Å²) in [5.41, 5.74) is 2.93. The van der Waals surface area contributed by atoms with Gasteiger partial charge in [-0.05, 0) is 48.4 Å². The van der Waals surface area contributed by atoms with Crippen molar-refractivity contribution in [2.75, 3.05) is 5.32 Å².